The molecule has 0 atom stereocenters. The van der Waals surface area contributed by atoms with Crippen molar-refractivity contribution in [3.8, 4) is 0 Å². The summed E-state index contributed by atoms with van der Waals surface area (Å²) in [7, 11) is 0. The molecule has 1 aromatic heterocycles. The number of carbonyl (C=O) groups is 1. The van der Waals surface area contributed by atoms with Gasteiger partial charge in [-0.1, -0.05) is 39.0 Å². The van der Waals surface area contributed by atoms with Crippen LogP contribution in [0.1, 0.15) is 39.2 Å². The highest BCUT2D eigenvalue weighted by Gasteiger charge is 2.25. The summed E-state index contributed by atoms with van der Waals surface area (Å²) < 4.78 is 0. The topological polar surface area (TPSA) is 78.4 Å². The van der Waals surface area contributed by atoms with Crippen molar-refractivity contribution in [2.45, 2.75) is 39.0 Å². The molecule has 2 N–H and O–H groups in total. The lowest BCUT2D eigenvalue weighted by molar-refractivity contribution is -0.142. The second-order valence-electron chi connectivity index (χ2n) is 7.76. The van der Waals surface area contributed by atoms with Crippen LogP contribution >= 0.6 is 0 Å². The number of aromatic nitrogens is 2. The average molecular weight is 354 g/mol. The molecule has 0 saturated carbocycles. The quantitative estimate of drug-likeness (QED) is 0.869. The van der Waals surface area contributed by atoms with E-state index < -0.39 is 5.97 Å². The monoisotopic (exact) mass is 354 g/mol. The molecule has 0 bridgehead atoms. The molecule has 138 valence electrons. The lowest BCUT2D eigenvalue weighted by Crippen LogP contribution is -2.36. The van der Waals surface area contributed by atoms with Crippen LogP contribution in [-0.4, -0.2) is 34.1 Å². The van der Waals surface area contributed by atoms with Crippen molar-refractivity contribution in [1.29, 1.82) is 0 Å². The Labute approximate surface area is 154 Å². The fourth-order valence-electron chi connectivity index (χ4n) is 3.31. The summed E-state index contributed by atoms with van der Waals surface area (Å²) in [5.74, 6) is 0.442. The predicted octanol–water partition coefficient (Wildman–Crippen LogP) is 3.82. The van der Waals surface area contributed by atoms with Crippen molar-refractivity contribution in [3.63, 3.8) is 0 Å². The normalized spacial score (nSPS) is 15.7. The van der Waals surface area contributed by atoms with Crippen LogP contribution in [0.2, 0.25) is 0 Å². The summed E-state index contributed by atoms with van der Waals surface area (Å²) in [4.78, 5) is 22.2. The number of carboxylic acids is 1. The molecule has 6 nitrogen and oxygen atoms in total. The summed E-state index contributed by atoms with van der Waals surface area (Å²) in [5, 5.41) is 12.5. The zero-order chi connectivity index (χ0) is 18.7. The van der Waals surface area contributed by atoms with E-state index in [0.29, 0.717) is 31.9 Å². The van der Waals surface area contributed by atoms with Gasteiger partial charge in [0.05, 0.1) is 5.92 Å². The van der Waals surface area contributed by atoms with Crippen LogP contribution in [0.5, 0.6) is 0 Å². The molecule has 1 fully saturated rings. The van der Waals surface area contributed by atoms with Gasteiger partial charge in [-0.05, 0) is 36.0 Å². The Morgan fingerprint density at radius 2 is 1.88 bits per heavy atom. The minimum atomic E-state index is -0.700. The number of carboxylic acid groups (broad SMARTS) is 1. The van der Waals surface area contributed by atoms with E-state index in [-0.39, 0.29) is 11.3 Å². The maximum atomic E-state index is 11.1. The number of hydrogen-bond acceptors (Lipinski definition) is 5. The fourth-order valence-corrected chi connectivity index (χ4v) is 3.31. The minimum Gasteiger partial charge on any atom is -0.481 e. The highest BCUT2D eigenvalue weighted by atomic mass is 16.4. The summed E-state index contributed by atoms with van der Waals surface area (Å²) in [6.07, 6.45) is 3.04. The number of benzene rings is 1. The number of rotatable bonds is 4. The zero-order valence-corrected chi connectivity index (χ0v) is 15.6. The molecule has 2 heterocycles. The Bertz CT molecular complexity index is 777. The van der Waals surface area contributed by atoms with Crippen molar-refractivity contribution in [2.75, 3.05) is 23.3 Å². The number of nitrogens with zero attached hydrogens (tertiary/aromatic N) is 3. The van der Waals surface area contributed by atoms with Crippen molar-refractivity contribution in [3.05, 3.63) is 42.1 Å². The standard InChI is InChI=1S/C20H26N4O2/c1-20(2,3)15-6-4-5-7-16(15)22-19-21-11-8-17(23-19)24-12-9-14(10-13-24)18(25)26/h4-8,11,14H,9-10,12-13H2,1-3H3,(H,25,26)(H,21,22,23). The lowest BCUT2D eigenvalue weighted by atomic mass is 9.86. The van der Waals surface area contributed by atoms with Crippen molar-refractivity contribution in [1.82, 2.24) is 9.97 Å². The van der Waals surface area contributed by atoms with Gasteiger partial charge in [0, 0.05) is 25.0 Å². The Balaban J connectivity index is 1.76. The molecule has 2 aromatic rings. The molecular weight excluding hydrogens is 328 g/mol. The Hall–Kier alpha value is -2.63. The molecule has 1 saturated heterocycles. The number of nitrogens with one attached hydrogen (secondary N) is 1. The fraction of sp³-hybridized carbons (Fsp3) is 0.450. The van der Waals surface area contributed by atoms with Gasteiger partial charge >= 0.3 is 5.97 Å². The van der Waals surface area contributed by atoms with E-state index in [2.05, 4.69) is 47.0 Å². The van der Waals surface area contributed by atoms with Gasteiger partial charge in [0.15, 0.2) is 0 Å². The van der Waals surface area contributed by atoms with Crippen molar-refractivity contribution in [2.24, 2.45) is 5.92 Å². The molecule has 1 aliphatic rings. The van der Waals surface area contributed by atoms with Gasteiger partial charge in [-0.3, -0.25) is 4.79 Å². The van der Waals surface area contributed by atoms with E-state index in [9.17, 15) is 4.79 Å². The van der Waals surface area contributed by atoms with E-state index in [1.165, 1.54) is 5.56 Å². The van der Waals surface area contributed by atoms with Crippen LogP contribution in [-0.2, 0) is 10.2 Å². The molecule has 0 spiro atoms. The third-order valence-electron chi connectivity index (χ3n) is 4.79. The lowest BCUT2D eigenvalue weighted by Gasteiger charge is -2.31. The molecule has 3 rings (SSSR count). The van der Waals surface area contributed by atoms with Crippen LogP contribution in [0.15, 0.2) is 36.5 Å². The highest BCUT2D eigenvalue weighted by Crippen LogP contribution is 2.31. The van der Waals surface area contributed by atoms with Gasteiger partial charge < -0.3 is 15.3 Å². The first kappa shape index (κ1) is 18.2. The average Bonchev–Trinajstić information content (AvgIpc) is 2.61. The van der Waals surface area contributed by atoms with Crippen LogP contribution in [0.3, 0.4) is 0 Å². The minimum absolute atomic E-state index is 0.0138. The van der Waals surface area contributed by atoms with E-state index in [4.69, 9.17) is 5.11 Å². The first-order chi connectivity index (χ1) is 12.3. The number of anilines is 3. The Morgan fingerprint density at radius 3 is 2.54 bits per heavy atom. The molecular formula is C20H26N4O2. The van der Waals surface area contributed by atoms with E-state index in [1.807, 2.05) is 24.3 Å². The predicted molar refractivity (Wildman–Crippen MR) is 103 cm³/mol. The van der Waals surface area contributed by atoms with Gasteiger partial charge in [-0.25, -0.2) is 4.98 Å². The first-order valence-corrected chi connectivity index (χ1v) is 9.02. The summed E-state index contributed by atoms with van der Waals surface area (Å²) in [6.45, 7) is 7.93. The largest absolute Gasteiger partial charge is 0.481 e. The maximum absolute atomic E-state index is 11.1. The third-order valence-corrected chi connectivity index (χ3v) is 4.79. The molecule has 0 unspecified atom stereocenters. The van der Waals surface area contributed by atoms with Crippen LogP contribution in [0, 0.1) is 5.92 Å². The Morgan fingerprint density at radius 1 is 1.19 bits per heavy atom. The van der Waals surface area contributed by atoms with Crippen molar-refractivity contribution >= 4 is 23.4 Å². The first-order valence-electron chi connectivity index (χ1n) is 9.02. The van der Waals surface area contributed by atoms with Crippen molar-refractivity contribution < 1.29 is 9.90 Å². The molecule has 1 aliphatic heterocycles. The molecule has 1 aromatic carbocycles. The van der Waals surface area contributed by atoms with Crippen LogP contribution in [0.4, 0.5) is 17.5 Å². The number of aliphatic carboxylic acids is 1. The summed E-state index contributed by atoms with van der Waals surface area (Å²) >= 11 is 0. The van der Waals surface area contributed by atoms with Gasteiger partial charge in [-0.15, -0.1) is 0 Å². The summed E-state index contributed by atoms with van der Waals surface area (Å²) in [6, 6.07) is 10.1. The molecule has 26 heavy (non-hydrogen) atoms. The molecule has 0 radical (unpaired) electrons. The number of piperidine rings is 1. The number of hydrogen-bond donors (Lipinski definition) is 2. The van der Waals surface area contributed by atoms with Gasteiger partial charge in [-0.2, -0.15) is 4.98 Å². The molecule has 0 aliphatic carbocycles. The smallest absolute Gasteiger partial charge is 0.306 e. The van der Waals surface area contributed by atoms with Crippen LogP contribution in [0.25, 0.3) is 0 Å². The summed E-state index contributed by atoms with van der Waals surface area (Å²) in [5.41, 5.74) is 2.22. The third kappa shape index (κ3) is 4.12. The Kier molecular flexibility index (Phi) is 5.11. The zero-order valence-electron chi connectivity index (χ0n) is 15.6. The molecule has 6 heteroatoms. The molecule has 0 amide bonds. The van der Waals surface area contributed by atoms with Gasteiger partial charge in [0.25, 0.3) is 0 Å². The number of para-hydroxylation sites is 1. The van der Waals surface area contributed by atoms with Gasteiger partial charge in [0.1, 0.15) is 5.82 Å². The maximum Gasteiger partial charge on any atom is 0.306 e. The van der Waals surface area contributed by atoms with E-state index in [0.717, 1.165) is 11.5 Å². The highest BCUT2D eigenvalue weighted by molar-refractivity contribution is 5.70. The van der Waals surface area contributed by atoms with Crippen LogP contribution < -0.4 is 10.2 Å². The van der Waals surface area contributed by atoms with E-state index in [1.54, 1.807) is 6.20 Å². The SMILES string of the molecule is CC(C)(C)c1ccccc1Nc1nccc(N2CCC(C(=O)O)CC2)n1. The second kappa shape index (κ2) is 7.32. The van der Waals surface area contributed by atoms with Gasteiger partial charge in [0.2, 0.25) is 5.95 Å². The van der Waals surface area contributed by atoms with E-state index >= 15 is 0 Å². The second-order valence-corrected chi connectivity index (χ2v) is 7.76.